The van der Waals surface area contributed by atoms with Gasteiger partial charge in [-0.2, -0.15) is 4.39 Å². The van der Waals surface area contributed by atoms with Crippen molar-refractivity contribution in [1.82, 2.24) is 0 Å². The van der Waals surface area contributed by atoms with Crippen molar-refractivity contribution in [2.45, 2.75) is 57.6 Å². The van der Waals surface area contributed by atoms with E-state index < -0.39 is 39.0 Å². The number of benzene rings is 2. The van der Waals surface area contributed by atoms with Crippen LogP contribution >= 0.6 is 11.3 Å². The molecule has 12 heteroatoms. The van der Waals surface area contributed by atoms with Crippen LogP contribution in [-0.2, 0) is 19.2 Å². The molecule has 1 atom stereocenters. The summed E-state index contributed by atoms with van der Waals surface area (Å²) in [6.45, 7) is 10.2. The molecule has 1 aromatic heterocycles. The predicted molar refractivity (Wildman–Crippen MR) is 155 cm³/mol. The second-order valence-electron chi connectivity index (χ2n) is 10.8. The average Bonchev–Trinajstić information content (AvgIpc) is 3.23. The van der Waals surface area contributed by atoms with E-state index >= 15 is 0 Å². The molecule has 3 rings (SSSR count). The first-order valence-electron chi connectivity index (χ1n) is 12.2. The van der Waals surface area contributed by atoms with Gasteiger partial charge in [-0.15, -0.1) is 15.7 Å². The highest BCUT2D eigenvalue weighted by atomic mass is 32.2. The van der Waals surface area contributed by atoms with E-state index in [1.54, 1.807) is 65.8 Å². The summed E-state index contributed by atoms with van der Waals surface area (Å²) in [4.78, 5) is 38.5. The Bertz CT molecular complexity index is 1540. The Morgan fingerprint density at radius 3 is 2.02 bits per heavy atom. The molecular formula is C28H32FN3O6S2. The van der Waals surface area contributed by atoms with Gasteiger partial charge >= 0.3 is 12.2 Å². The van der Waals surface area contributed by atoms with E-state index in [4.69, 9.17) is 9.47 Å². The molecule has 2 aromatic carbocycles. The molecule has 0 saturated carbocycles. The molecule has 214 valence electrons. The summed E-state index contributed by atoms with van der Waals surface area (Å²) in [6.07, 6.45) is -0.356. The van der Waals surface area contributed by atoms with Gasteiger partial charge in [0, 0.05) is 21.6 Å². The number of hydrogen-bond acceptors (Lipinski definition) is 7. The summed E-state index contributed by atoms with van der Waals surface area (Å²) < 4.78 is 40.8. The summed E-state index contributed by atoms with van der Waals surface area (Å²) in [7, 11) is -3.12. The SMILES string of the molecule is CC(C)(C)OC(=O)N=S(C)(=O)c1ccc(C(=O)Nc2cc(-c3ccc(F)s3)ccc2NC(=O)OC(C)(C)C)cc1. The van der Waals surface area contributed by atoms with Gasteiger partial charge in [0.25, 0.3) is 5.91 Å². The van der Waals surface area contributed by atoms with E-state index in [-0.39, 0.29) is 27.0 Å². The van der Waals surface area contributed by atoms with Crippen LogP contribution in [0.4, 0.5) is 25.4 Å². The Balaban J connectivity index is 1.88. The normalized spacial score (nSPS) is 13.1. The summed E-state index contributed by atoms with van der Waals surface area (Å²) in [5, 5.41) is 5.03. The number of rotatable bonds is 5. The quantitative estimate of drug-likeness (QED) is 0.317. The van der Waals surface area contributed by atoms with Gasteiger partial charge in [-0.25, -0.2) is 13.8 Å². The molecule has 3 amide bonds. The minimum atomic E-state index is -3.12. The third-order valence-electron chi connectivity index (χ3n) is 4.96. The Hall–Kier alpha value is -3.77. The van der Waals surface area contributed by atoms with Crippen molar-refractivity contribution in [3.05, 3.63) is 65.3 Å². The molecule has 0 aliphatic carbocycles. The zero-order valence-electron chi connectivity index (χ0n) is 23.3. The number of nitrogens with zero attached hydrogens (tertiary/aromatic N) is 1. The molecule has 0 saturated heterocycles. The van der Waals surface area contributed by atoms with Gasteiger partial charge in [0.2, 0.25) is 0 Å². The maximum atomic E-state index is 13.6. The van der Waals surface area contributed by atoms with Gasteiger partial charge in [0.1, 0.15) is 11.2 Å². The third-order valence-corrected chi connectivity index (χ3v) is 7.52. The summed E-state index contributed by atoms with van der Waals surface area (Å²) in [5.74, 6) is -0.528. The molecule has 2 N–H and O–H groups in total. The topological polar surface area (TPSA) is 123 Å². The van der Waals surface area contributed by atoms with E-state index in [0.29, 0.717) is 10.4 Å². The van der Waals surface area contributed by atoms with Crippen molar-refractivity contribution in [2.75, 3.05) is 16.9 Å². The van der Waals surface area contributed by atoms with Gasteiger partial charge in [0.05, 0.1) is 21.1 Å². The van der Waals surface area contributed by atoms with Crippen LogP contribution in [-0.4, -0.2) is 39.8 Å². The van der Waals surface area contributed by atoms with Crippen LogP contribution in [0.5, 0.6) is 0 Å². The molecule has 0 spiro atoms. The lowest BCUT2D eigenvalue weighted by Gasteiger charge is -2.21. The maximum absolute atomic E-state index is 13.6. The zero-order chi connectivity index (χ0) is 29.9. The molecular weight excluding hydrogens is 557 g/mol. The van der Waals surface area contributed by atoms with Crippen molar-refractivity contribution in [2.24, 2.45) is 4.36 Å². The van der Waals surface area contributed by atoms with Crippen molar-refractivity contribution in [1.29, 1.82) is 0 Å². The number of thiophene rings is 1. The fourth-order valence-corrected chi connectivity index (χ4v) is 5.12. The van der Waals surface area contributed by atoms with Crippen molar-refractivity contribution in [3.8, 4) is 10.4 Å². The highest BCUT2D eigenvalue weighted by molar-refractivity contribution is 7.93. The van der Waals surface area contributed by atoms with E-state index in [1.165, 1.54) is 36.6 Å². The number of ether oxygens (including phenoxy) is 2. The standard InChI is InChI=1S/C28H32FN3O6S2/c1-27(2,3)37-25(34)31-20-13-10-18(22-14-15-23(29)39-22)16-21(20)30-24(33)17-8-11-19(12-9-17)40(7,36)32-26(35)38-28(4,5)6/h8-16H,1-7H3,(H,30,33)(H,31,34). The molecule has 0 fully saturated rings. The van der Waals surface area contributed by atoms with Crippen molar-refractivity contribution >= 4 is 50.5 Å². The first kappa shape index (κ1) is 30.8. The molecule has 0 aliphatic heterocycles. The number of carbonyl (C=O) groups is 3. The van der Waals surface area contributed by atoms with Crippen LogP contribution in [0.2, 0.25) is 0 Å². The van der Waals surface area contributed by atoms with Gasteiger partial charge in [-0.05, 0) is 95.6 Å². The number of hydrogen-bond donors (Lipinski definition) is 2. The molecule has 40 heavy (non-hydrogen) atoms. The summed E-state index contributed by atoms with van der Waals surface area (Å²) in [6, 6.07) is 13.6. The van der Waals surface area contributed by atoms with E-state index in [2.05, 4.69) is 15.0 Å². The van der Waals surface area contributed by atoms with E-state index in [9.17, 15) is 23.0 Å². The summed E-state index contributed by atoms with van der Waals surface area (Å²) in [5.41, 5.74) is -0.157. The highest BCUT2D eigenvalue weighted by Gasteiger charge is 2.20. The largest absolute Gasteiger partial charge is 0.444 e. The number of halogens is 1. The number of anilines is 2. The second kappa shape index (κ2) is 11.8. The van der Waals surface area contributed by atoms with Gasteiger partial charge in [-0.1, -0.05) is 6.07 Å². The van der Waals surface area contributed by atoms with Crippen LogP contribution in [0.15, 0.2) is 63.9 Å². The van der Waals surface area contributed by atoms with Crippen LogP contribution in [0, 0.1) is 5.13 Å². The molecule has 0 radical (unpaired) electrons. The van der Waals surface area contributed by atoms with Crippen molar-refractivity contribution < 1.29 is 32.5 Å². The van der Waals surface area contributed by atoms with Crippen LogP contribution in [0.1, 0.15) is 51.9 Å². The Morgan fingerprint density at radius 1 is 0.850 bits per heavy atom. The second-order valence-corrected chi connectivity index (χ2v) is 14.1. The first-order valence-corrected chi connectivity index (χ1v) is 14.9. The third kappa shape index (κ3) is 8.88. The predicted octanol–water partition coefficient (Wildman–Crippen LogP) is 7.55. The zero-order valence-corrected chi connectivity index (χ0v) is 24.9. The minimum absolute atomic E-state index is 0.215. The number of amides is 3. The highest BCUT2D eigenvalue weighted by Crippen LogP contribution is 2.33. The molecule has 1 heterocycles. The summed E-state index contributed by atoms with van der Waals surface area (Å²) >= 11 is 0.943. The van der Waals surface area contributed by atoms with Gasteiger partial charge < -0.3 is 14.8 Å². The van der Waals surface area contributed by atoms with E-state index in [1.807, 2.05) is 0 Å². The van der Waals surface area contributed by atoms with E-state index in [0.717, 1.165) is 11.3 Å². The fourth-order valence-electron chi connectivity index (χ4n) is 3.32. The average molecular weight is 590 g/mol. The molecule has 0 aliphatic rings. The smallest absolute Gasteiger partial charge is 0.442 e. The Kier molecular flexibility index (Phi) is 9.05. The van der Waals surface area contributed by atoms with Crippen molar-refractivity contribution in [3.63, 3.8) is 0 Å². The van der Waals surface area contributed by atoms with Crippen LogP contribution < -0.4 is 10.6 Å². The molecule has 0 bridgehead atoms. The molecule has 9 nitrogen and oxygen atoms in total. The number of carbonyl (C=O) groups excluding carboxylic acids is 3. The lowest BCUT2D eigenvalue weighted by Crippen LogP contribution is -2.27. The number of nitrogens with one attached hydrogen (secondary N) is 2. The van der Waals surface area contributed by atoms with Crippen LogP contribution in [0.25, 0.3) is 10.4 Å². The lowest BCUT2D eigenvalue weighted by molar-refractivity contribution is 0.0603. The molecule has 1 unspecified atom stereocenters. The Labute approximate surface area is 237 Å². The lowest BCUT2D eigenvalue weighted by atomic mass is 10.1. The maximum Gasteiger partial charge on any atom is 0.442 e. The Morgan fingerprint density at radius 2 is 1.48 bits per heavy atom. The fraction of sp³-hybridized carbons (Fsp3) is 0.321. The van der Waals surface area contributed by atoms with Gasteiger partial charge in [-0.3, -0.25) is 10.1 Å². The van der Waals surface area contributed by atoms with Crippen LogP contribution in [0.3, 0.4) is 0 Å². The minimum Gasteiger partial charge on any atom is -0.444 e. The molecule has 3 aromatic rings. The first-order chi connectivity index (χ1) is 18.4. The monoisotopic (exact) mass is 589 g/mol. The van der Waals surface area contributed by atoms with Gasteiger partial charge in [0.15, 0.2) is 5.13 Å².